The van der Waals surface area contributed by atoms with Crippen LogP contribution >= 0.6 is 11.8 Å². The van der Waals surface area contributed by atoms with Gasteiger partial charge >= 0.3 is 0 Å². The minimum atomic E-state index is 1.07. The molecular weight excluding hydrogens is 214 g/mol. The van der Waals surface area contributed by atoms with Crippen molar-refractivity contribution in [2.45, 2.75) is 4.90 Å². The van der Waals surface area contributed by atoms with Crippen molar-refractivity contribution in [3.63, 3.8) is 0 Å². The smallest absolute Gasteiger partial charge is 0.0845 e. The highest BCUT2D eigenvalue weighted by atomic mass is 32.2. The van der Waals surface area contributed by atoms with E-state index >= 15 is 0 Å². The van der Waals surface area contributed by atoms with Crippen LogP contribution in [0.15, 0.2) is 53.4 Å². The number of hydrogen-bond acceptors (Lipinski definition) is 2. The Bertz CT molecular complexity index is 661. The second-order valence-corrected chi connectivity index (χ2v) is 4.56. The van der Waals surface area contributed by atoms with Crippen molar-refractivity contribution in [2.75, 3.05) is 6.26 Å². The van der Waals surface area contributed by atoms with E-state index in [0.717, 1.165) is 11.0 Å². The Balaban J connectivity index is 2.46. The van der Waals surface area contributed by atoms with Crippen LogP contribution in [-0.4, -0.2) is 11.2 Å². The van der Waals surface area contributed by atoms with Gasteiger partial charge in [0.25, 0.3) is 0 Å². The van der Waals surface area contributed by atoms with Crippen LogP contribution in [0, 0.1) is 0 Å². The summed E-state index contributed by atoms with van der Waals surface area (Å²) in [5, 5.41) is 2.42. The second kappa shape index (κ2) is 3.80. The minimum Gasteiger partial charge on any atom is -0.247 e. The van der Waals surface area contributed by atoms with Crippen molar-refractivity contribution in [3.05, 3.63) is 48.5 Å². The first kappa shape index (κ1) is 9.67. The van der Waals surface area contributed by atoms with Gasteiger partial charge in [0.2, 0.25) is 0 Å². The Morgan fingerprint density at radius 2 is 1.75 bits per heavy atom. The lowest BCUT2D eigenvalue weighted by Gasteiger charge is -2.04. The maximum atomic E-state index is 4.73. The SMILES string of the molecule is CSc1cccc2cc3ccccc3nc12. The topological polar surface area (TPSA) is 12.9 Å². The molecule has 0 amide bonds. The summed E-state index contributed by atoms with van der Waals surface area (Å²) in [5.41, 5.74) is 2.17. The third-order valence-corrected chi connectivity index (χ3v) is 3.50. The molecule has 1 aromatic heterocycles. The van der Waals surface area contributed by atoms with Gasteiger partial charge in [0.15, 0.2) is 0 Å². The molecule has 0 N–H and O–H groups in total. The molecule has 0 aliphatic rings. The largest absolute Gasteiger partial charge is 0.247 e. The Morgan fingerprint density at radius 1 is 0.938 bits per heavy atom. The average Bonchev–Trinajstić information content (AvgIpc) is 2.35. The van der Waals surface area contributed by atoms with Gasteiger partial charge in [0.05, 0.1) is 11.0 Å². The van der Waals surface area contributed by atoms with E-state index in [0.29, 0.717) is 0 Å². The Kier molecular flexibility index (Phi) is 2.29. The highest BCUT2D eigenvalue weighted by molar-refractivity contribution is 7.98. The Hall–Kier alpha value is -1.54. The molecule has 0 saturated carbocycles. The lowest BCUT2D eigenvalue weighted by atomic mass is 10.1. The molecular formula is C14H11NS. The number of pyridine rings is 1. The quantitative estimate of drug-likeness (QED) is 0.456. The van der Waals surface area contributed by atoms with E-state index in [4.69, 9.17) is 4.98 Å². The fraction of sp³-hybridized carbons (Fsp3) is 0.0714. The zero-order chi connectivity index (χ0) is 11.0. The summed E-state index contributed by atoms with van der Waals surface area (Å²) >= 11 is 1.74. The monoisotopic (exact) mass is 225 g/mol. The van der Waals surface area contributed by atoms with E-state index in [1.807, 2.05) is 12.1 Å². The van der Waals surface area contributed by atoms with Gasteiger partial charge in [0.1, 0.15) is 0 Å². The molecule has 0 atom stereocenters. The fourth-order valence-electron chi connectivity index (χ4n) is 1.94. The third-order valence-electron chi connectivity index (χ3n) is 2.73. The van der Waals surface area contributed by atoms with Gasteiger partial charge in [-0.15, -0.1) is 11.8 Å². The average molecular weight is 225 g/mol. The Morgan fingerprint density at radius 3 is 2.62 bits per heavy atom. The van der Waals surface area contributed by atoms with Crippen molar-refractivity contribution < 1.29 is 0 Å². The molecule has 2 aromatic carbocycles. The maximum Gasteiger partial charge on any atom is 0.0845 e. The predicted molar refractivity (Wildman–Crippen MR) is 71.0 cm³/mol. The summed E-state index contributed by atoms with van der Waals surface area (Å²) in [5.74, 6) is 0. The normalized spacial score (nSPS) is 11.1. The van der Waals surface area contributed by atoms with Crippen LogP contribution < -0.4 is 0 Å². The highest BCUT2D eigenvalue weighted by Gasteiger charge is 2.02. The molecule has 0 spiro atoms. The summed E-state index contributed by atoms with van der Waals surface area (Å²) in [7, 11) is 0. The zero-order valence-corrected chi connectivity index (χ0v) is 9.79. The summed E-state index contributed by atoms with van der Waals surface area (Å²) < 4.78 is 0. The van der Waals surface area contributed by atoms with Gasteiger partial charge < -0.3 is 0 Å². The van der Waals surface area contributed by atoms with Crippen molar-refractivity contribution in [3.8, 4) is 0 Å². The standard InChI is InChI=1S/C14H11NS/c1-16-13-8-4-6-11-9-10-5-2-3-7-12(10)15-14(11)13/h2-9H,1H3. The number of fused-ring (bicyclic) bond motifs is 2. The van der Waals surface area contributed by atoms with Crippen molar-refractivity contribution >= 4 is 33.6 Å². The maximum absolute atomic E-state index is 4.73. The molecule has 3 rings (SSSR count). The van der Waals surface area contributed by atoms with Gasteiger partial charge in [0, 0.05) is 15.7 Å². The first-order chi connectivity index (χ1) is 7.88. The van der Waals surface area contributed by atoms with E-state index < -0.39 is 0 Å². The zero-order valence-electron chi connectivity index (χ0n) is 8.97. The first-order valence-corrected chi connectivity index (χ1v) is 6.43. The van der Waals surface area contributed by atoms with Crippen LogP contribution in [0.2, 0.25) is 0 Å². The number of aromatic nitrogens is 1. The molecule has 0 unspecified atom stereocenters. The van der Waals surface area contributed by atoms with Crippen molar-refractivity contribution in [1.82, 2.24) is 4.98 Å². The highest BCUT2D eigenvalue weighted by Crippen LogP contribution is 2.27. The molecule has 0 fully saturated rings. The third kappa shape index (κ3) is 1.46. The molecule has 0 saturated heterocycles. The molecule has 0 aliphatic heterocycles. The van der Waals surface area contributed by atoms with E-state index in [9.17, 15) is 0 Å². The van der Waals surface area contributed by atoms with Gasteiger partial charge in [-0.05, 0) is 24.5 Å². The van der Waals surface area contributed by atoms with Crippen molar-refractivity contribution in [1.29, 1.82) is 0 Å². The van der Waals surface area contributed by atoms with Crippen LogP contribution in [0.25, 0.3) is 21.8 Å². The van der Waals surface area contributed by atoms with E-state index in [1.54, 1.807) is 11.8 Å². The van der Waals surface area contributed by atoms with Gasteiger partial charge in [-0.25, -0.2) is 4.98 Å². The number of thioether (sulfide) groups is 1. The lowest BCUT2D eigenvalue weighted by molar-refractivity contribution is 1.41. The number of hydrogen-bond donors (Lipinski definition) is 0. The molecule has 2 heteroatoms. The molecule has 0 radical (unpaired) electrons. The number of nitrogens with zero attached hydrogens (tertiary/aromatic N) is 1. The summed E-state index contributed by atoms with van der Waals surface area (Å²) in [6.45, 7) is 0. The molecule has 3 aromatic rings. The van der Waals surface area contributed by atoms with Gasteiger partial charge in [-0.2, -0.15) is 0 Å². The van der Waals surface area contributed by atoms with Crippen molar-refractivity contribution in [2.24, 2.45) is 0 Å². The molecule has 1 nitrogen and oxygen atoms in total. The molecule has 16 heavy (non-hydrogen) atoms. The first-order valence-electron chi connectivity index (χ1n) is 5.21. The van der Waals surface area contributed by atoms with Gasteiger partial charge in [-0.3, -0.25) is 0 Å². The van der Waals surface area contributed by atoms with Crippen LogP contribution in [0.5, 0.6) is 0 Å². The van der Waals surface area contributed by atoms with E-state index in [1.165, 1.54) is 15.7 Å². The predicted octanol–water partition coefficient (Wildman–Crippen LogP) is 4.11. The van der Waals surface area contributed by atoms with Crippen LogP contribution in [0.1, 0.15) is 0 Å². The number of benzene rings is 2. The minimum absolute atomic E-state index is 1.07. The van der Waals surface area contributed by atoms with E-state index in [2.05, 4.69) is 42.7 Å². The van der Waals surface area contributed by atoms with E-state index in [-0.39, 0.29) is 0 Å². The molecule has 1 heterocycles. The summed E-state index contributed by atoms with van der Waals surface area (Å²) in [6, 6.07) is 16.8. The lowest BCUT2D eigenvalue weighted by Crippen LogP contribution is -1.84. The van der Waals surface area contributed by atoms with Crippen LogP contribution in [0.4, 0.5) is 0 Å². The summed E-state index contributed by atoms with van der Waals surface area (Å²) in [4.78, 5) is 5.97. The summed E-state index contributed by atoms with van der Waals surface area (Å²) in [6.07, 6.45) is 2.09. The molecule has 0 aliphatic carbocycles. The number of rotatable bonds is 1. The van der Waals surface area contributed by atoms with Crippen LogP contribution in [0.3, 0.4) is 0 Å². The second-order valence-electron chi connectivity index (χ2n) is 3.71. The van der Waals surface area contributed by atoms with Crippen LogP contribution in [-0.2, 0) is 0 Å². The molecule has 78 valence electrons. The Labute approximate surface area is 98.5 Å². The molecule has 0 bridgehead atoms. The number of para-hydroxylation sites is 2. The fourth-order valence-corrected chi connectivity index (χ4v) is 2.51. The van der Waals surface area contributed by atoms with Gasteiger partial charge in [-0.1, -0.05) is 30.3 Å².